The predicted molar refractivity (Wildman–Crippen MR) is 139 cm³/mol. The van der Waals surface area contributed by atoms with E-state index in [4.69, 9.17) is 4.74 Å². The fraction of sp³-hybridized carbons (Fsp3) is 0.160. The predicted octanol–water partition coefficient (Wildman–Crippen LogP) is 6.37. The number of nitrogens with zero attached hydrogens (tertiary/aromatic N) is 2. The number of hydrogen-bond acceptors (Lipinski definition) is 7. The third kappa shape index (κ3) is 3.64. The molecule has 1 unspecified atom stereocenters. The second-order valence-electron chi connectivity index (χ2n) is 7.93. The van der Waals surface area contributed by atoms with Crippen molar-refractivity contribution in [3.63, 3.8) is 0 Å². The van der Waals surface area contributed by atoms with Crippen molar-refractivity contribution in [2.75, 3.05) is 12.0 Å². The summed E-state index contributed by atoms with van der Waals surface area (Å²) in [4.78, 5) is 33.4. The van der Waals surface area contributed by atoms with Crippen LogP contribution in [0.1, 0.15) is 27.6 Å². The maximum absolute atomic E-state index is 13.3. The van der Waals surface area contributed by atoms with E-state index < -0.39 is 17.7 Å². The third-order valence-electron chi connectivity index (χ3n) is 5.79. The van der Waals surface area contributed by atoms with E-state index in [1.54, 1.807) is 19.2 Å². The summed E-state index contributed by atoms with van der Waals surface area (Å²) in [5.41, 5.74) is 3.08. The van der Waals surface area contributed by atoms with Crippen molar-refractivity contribution in [1.29, 1.82) is 0 Å². The van der Waals surface area contributed by atoms with Crippen molar-refractivity contribution in [3.8, 4) is 5.75 Å². The number of benzene rings is 2. The van der Waals surface area contributed by atoms with Gasteiger partial charge in [0.05, 0.1) is 22.9 Å². The van der Waals surface area contributed by atoms with Crippen molar-refractivity contribution < 1.29 is 19.4 Å². The molecule has 3 heterocycles. The smallest absolute Gasteiger partial charge is 0.301 e. The van der Waals surface area contributed by atoms with Gasteiger partial charge in [0.15, 0.2) is 5.13 Å². The Morgan fingerprint density at radius 2 is 1.94 bits per heavy atom. The van der Waals surface area contributed by atoms with Gasteiger partial charge in [0.25, 0.3) is 5.78 Å². The Morgan fingerprint density at radius 3 is 2.62 bits per heavy atom. The van der Waals surface area contributed by atoms with Gasteiger partial charge in [-0.3, -0.25) is 14.5 Å². The van der Waals surface area contributed by atoms with Crippen LogP contribution in [0, 0.1) is 13.8 Å². The van der Waals surface area contributed by atoms with Crippen LogP contribution >= 0.6 is 38.6 Å². The molecule has 4 aromatic rings. The number of carbonyl (C=O) groups is 2. The first-order valence-electron chi connectivity index (χ1n) is 10.4. The van der Waals surface area contributed by atoms with E-state index in [1.807, 2.05) is 49.6 Å². The van der Waals surface area contributed by atoms with Crippen molar-refractivity contribution in [3.05, 3.63) is 79.5 Å². The zero-order valence-corrected chi connectivity index (χ0v) is 21.7. The number of Topliss-reactive ketones (excluding diaryl/α,β-unsaturated/α-hetero) is 1. The van der Waals surface area contributed by atoms with Crippen LogP contribution < -0.4 is 9.64 Å². The minimum absolute atomic E-state index is 0.0576. The number of amides is 1. The van der Waals surface area contributed by atoms with Gasteiger partial charge in [-0.25, -0.2) is 4.98 Å². The van der Waals surface area contributed by atoms with Gasteiger partial charge in [0, 0.05) is 14.9 Å². The van der Waals surface area contributed by atoms with E-state index in [1.165, 1.54) is 27.6 Å². The monoisotopic (exact) mass is 554 g/mol. The van der Waals surface area contributed by atoms with Crippen LogP contribution in [0.4, 0.5) is 5.13 Å². The molecular formula is C25H19BrN2O4S2. The number of hydrogen-bond donors (Lipinski definition) is 1. The lowest BCUT2D eigenvalue weighted by molar-refractivity contribution is -0.132. The lowest BCUT2D eigenvalue weighted by Gasteiger charge is -2.21. The number of ketones is 1. The molecule has 172 valence electrons. The van der Waals surface area contributed by atoms with E-state index in [-0.39, 0.29) is 11.3 Å². The number of fused-ring (bicyclic) bond motifs is 1. The van der Waals surface area contributed by atoms with Gasteiger partial charge < -0.3 is 9.84 Å². The molecule has 1 N–H and O–H groups in total. The number of methoxy groups -OCH3 is 1. The highest BCUT2D eigenvalue weighted by molar-refractivity contribution is 9.10. The zero-order valence-electron chi connectivity index (χ0n) is 18.5. The molecule has 0 radical (unpaired) electrons. The summed E-state index contributed by atoms with van der Waals surface area (Å²) in [5.74, 6) is -0.917. The number of aliphatic hydroxyl groups is 1. The molecular weight excluding hydrogens is 536 g/mol. The van der Waals surface area contributed by atoms with E-state index >= 15 is 0 Å². The first kappa shape index (κ1) is 22.8. The number of thiophene rings is 1. The Labute approximate surface area is 212 Å². The lowest BCUT2D eigenvalue weighted by Crippen LogP contribution is -2.28. The van der Waals surface area contributed by atoms with Gasteiger partial charge in [-0.1, -0.05) is 39.4 Å². The second-order valence-corrected chi connectivity index (χ2v) is 10.8. The van der Waals surface area contributed by atoms with Crippen LogP contribution in [0.5, 0.6) is 5.75 Å². The number of rotatable bonds is 4. The number of aliphatic hydroxyl groups excluding tert-OH is 1. The molecule has 1 aliphatic heterocycles. The van der Waals surface area contributed by atoms with Crippen LogP contribution in [0.3, 0.4) is 0 Å². The third-order valence-corrected chi connectivity index (χ3v) is 8.62. The highest BCUT2D eigenvalue weighted by atomic mass is 79.9. The van der Waals surface area contributed by atoms with E-state index in [0.29, 0.717) is 16.2 Å². The Kier molecular flexibility index (Phi) is 5.79. The number of carbonyl (C=O) groups excluding carboxylic acids is 2. The molecule has 5 rings (SSSR count). The highest BCUT2D eigenvalue weighted by Crippen LogP contribution is 2.46. The topological polar surface area (TPSA) is 79.7 Å². The molecule has 34 heavy (non-hydrogen) atoms. The van der Waals surface area contributed by atoms with Crippen LogP contribution in [-0.2, 0) is 9.59 Å². The first-order chi connectivity index (χ1) is 16.3. The largest absolute Gasteiger partial charge is 0.507 e. The minimum Gasteiger partial charge on any atom is -0.507 e. The molecule has 9 heteroatoms. The quantitative estimate of drug-likeness (QED) is 0.180. The van der Waals surface area contributed by atoms with Crippen LogP contribution in [0.25, 0.3) is 16.0 Å². The Morgan fingerprint density at radius 1 is 1.15 bits per heavy atom. The molecule has 0 saturated carbocycles. The molecule has 2 aromatic carbocycles. The molecule has 1 aliphatic rings. The van der Waals surface area contributed by atoms with Crippen molar-refractivity contribution in [2.45, 2.75) is 19.9 Å². The SMILES string of the molecule is COc1cc2sc(N3C(=O)C(=O)/C(=C(/O)c4ccc(Br)c(C)c4)C3c3cccs3)nc2cc1C. The molecule has 2 aromatic heterocycles. The van der Waals surface area contributed by atoms with Gasteiger partial charge in [-0.15, -0.1) is 11.3 Å². The Bertz CT molecular complexity index is 1490. The summed E-state index contributed by atoms with van der Waals surface area (Å²) < 4.78 is 7.15. The summed E-state index contributed by atoms with van der Waals surface area (Å²) in [5, 5.41) is 13.5. The van der Waals surface area contributed by atoms with Gasteiger partial charge in [0.1, 0.15) is 17.6 Å². The lowest BCUT2D eigenvalue weighted by atomic mass is 9.99. The molecule has 0 aliphatic carbocycles. The maximum atomic E-state index is 13.3. The molecule has 1 fully saturated rings. The molecule has 6 nitrogen and oxygen atoms in total. The van der Waals surface area contributed by atoms with E-state index in [9.17, 15) is 14.7 Å². The number of ether oxygens (including phenoxy) is 1. The van der Waals surface area contributed by atoms with Crippen molar-refractivity contribution in [2.24, 2.45) is 0 Å². The van der Waals surface area contributed by atoms with Gasteiger partial charge in [-0.2, -0.15) is 0 Å². The normalized spacial score (nSPS) is 17.6. The second kappa shape index (κ2) is 8.65. The number of anilines is 1. The van der Waals surface area contributed by atoms with Crippen molar-refractivity contribution in [1.82, 2.24) is 4.98 Å². The highest BCUT2D eigenvalue weighted by Gasteiger charge is 2.48. The zero-order chi connectivity index (χ0) is 24.1. The molecule has 1 atom stereocenters. The fourth-order valence-electron chi connectivity index (χ4n) is 4.06. The van der Waals surface area contributed by atoms with Gasteiger partial charge >= 0.3 is 5.91 Å². The van der Waals surface area contributed by atoms with E-state index in [0.717, 1.165) is 30.9 Å². The standard InChI is InChI=1S/C25H19BrN2O4S2/c1-12-9-14(6-7-15(12)26)22(29)20-21(18-5-4-8-33-18)28(24(31)23(20)30)25-27-16-10-13(2)17(32-3)11-19(16)34-25/h4-11,21,29H,1-3H3/b22-20+. The first-order valence-corrected chi connectivity index (χ1v) is 12.8. The molecule has 1 saturated heterocycles. The van der Waals surface area contributed by atoms with Crippen LogP contribution in [0.2, 0.25) is 0 Å². The van der Waals surface area contributed by atoms with Gasteiger partial charge in [-0.05, 0) is 60.7 Å². The Balaban J connectivity index is 1.70. The summed E-state index contributed by atoms with van der Waals surface area (Å²) in [6.45, 7) is 3.82. The fourth-order valence-corrected chi connectivity index (χ4v) is 6.14. The maximum Gasteiger partial charge on any atom is 0.301 e. The molecule has 1 amide bonds. The summed E-state index contributed by atoms with van der Waals surface area (Å²) >= 11 is 6.19. The number of aryl methyl sites for hydroxylation is 2. The molecule has 0 bridgehead atoms. The summed E-state index contributed by atoms with van der Waals surface area (Å²) in [6, 6.07) is 12.0. The Hall–Kier alpha value is -3.01. The number of thiazole rings is 1. The number of aromatic nitrogens is 1. The number of halogens is 1. The average molecular weight is 555 g/mol. The van der Waals surface area contributed by atoms with Crippen LogP contribution in [-0.4, -0.2) is 28.9 Å². The van der Waals surface area contributed by atoms with Gasteiger partial charge in [0.2, 0.25) is 0 Å². The molecule has 0 spiro atoms. The van der Waals surface area contributed by atoms with Crippen LogP contribution in [0.15, 0.2) is 57.9 Å². The average Bonchev–Trinajstić information content (AvgIpc) is 3.53. The summed E-state index contributed by atoms with van der Waals surface area (Å²) in [6.07, 6.45) is 0. The minimum atomic E-state index is -0.771. The van der Waals surface area contributed by atoms with Crippen molar-refractivity contribution >= 4 is 71.4 Å². The summed E-state index contributed by atoms with van der Waals surface area (Å²) in [7, 11) is 1.61. The van der Waals surface area contributed by atoms with E-state index in [2.05, 4.69) is 20.9 Å².